The fraction of sp³-hybridized carbons (Fsp3) is 0.600. The Morgan fingerprint density at radius 2 is 1.88 bits per heavy atom. The van der Waals surface area contributed by atoms with Gasteiger partial charge in [0.15, 0.2) is 0 Å². The van der Waals surface area contributed by atoms with Gasteiger partial charge < -0.3 is 5.32 Å². The molecule has 0 bridgehead atoms. The van der Waals surface area contributed by atoms with Crippen molar-refractivity contribution in [2.75, 3.05) is 11.9 Å². The monoisotopic (exact) mass is 217 g/mol. The Bertz CT molecular complexity index is 360. The smallest absolute Gasteiger partial charge is 0.0375 e. The minimum Gasteiger partial charge on any atom is -0.384 e. The van der Waals surface area contributed by atoms with E-state index in [1.54, 1.807) is 11.1 Å². The van der Waals surface area contributed by atoms with E-state index < -0.39 is 0 Å². The van der Waals surface area contributed by atoms with Gasteiger partial charge in [0, 0.05) is 12.2 Å². The molecule has 0 heterocycles. The van der Waals surface area contributed by atoms with Crippen molar-refractivity contribution in [2.45, 2.75) is 46.5 Å². The number of hydrogen-bond donors (Lipinski definition) is 1. The zero-order valence-corrected chi connectivity index (χ0v) is 10.8. The summed E-state index contributed by atoms with van der Waals surface area (Å²) in [5.41, 5.74) is 4.84. The summed E-state index contributed by atoms with van der Waals surface area (Å²) in [6, 6.07) is 6.71. The van der Waals surface area contributed by atoms with E-state index in [0.717, 1.165) is 6.54 Å². The summed E-state index contributed by atoms with van der Waals surface area (Å²) >= 11 is 0. The SMILES string of the molecule is CC(C)(C)CNc1cccc2c1CCCC2. The Kier molecular flexibility index (Phi) is 3.22. The molecule has 1 heteroatoms. The molecule has 1 aliphatic rings. The highest BCUT2D eigenvalue weighted by Gasteiger charge is 2.14. The van der Waals surface area contributed by atoms with Gasteiger partial charge in [-0.25, -0.2) is 0 Å². The van der Waals surface area contributed by atoms with Crippen LogP contribution >= 0.6 is 0 Å². The van der Waals surface area contributed by atoms with E-state index in [9.17, 15) is 0 Å². The van der Waals surface area contributed by atoms with Gasteiger partial charge in [0.2, 0.25) is 0 Å². The van der Waals surface area contributed by atoms with E-state index in [0.29, 0.717) is 5.41 Å². The second kappa shape index (κ2) is 4.48. The van der Waals surface area contributed by atoms with Crippen molar-refractivity contribution in [3.05, 3.63) is 29.3 Å². The van der Waals surface area contributed by atoms with Gasteiger partial charge in [-0.05, 0) is 48.3 Å². The molecule has 2 rings (SSSR count). The Morgan fingerprint density at radius 1 is 1.12 bits per heavy atom. The third-order valence-electron chi connectivity index (χ3n) is 3.21. The first-order valence-electron chi connectivity index (χ1n) is 6.41. The summed E-state index contributed by atoms with van der Waals surface area (Å²) in [6.07, 6.45) is 5.22. The molecule has 88 valence electrons. The lowest BCUT2D eigenvalue weighted by Gasteiger charge is -2.24. The maximum absolute atomic E-state index is 3.61. The van der Waals surface area contributed by atoms with Crippen LogP contribution in [0, 0.1) is 5.41 Å². The third kappa shape index (κ3) is 2.78. The summed E-state index contributed by atoms with van der Waals surface area (Å²) in [6.45, 7) is 7.86. The van der Waals surface area contributed by atoms with Crippen molar-refractivity contribution in [1.29, 1.82) is 0 Å². The second-order valence-electron chi connectivity index (χ2n) is 6.06. The van der Waals surface area contributed by atoms with E-state index in [1.807, 2.05) is 0 Å². The van der Waals surface area contributed by atoms with Crippen LogP contribution in [0.2, 0.25) is 0 Å². The van der Waals surface area contributed by atoms with Gasteiger partial charge >= 0.3 is 0 Å². The van der Waals surface area contributed by atoms with Crippen LogP contribution in [0.5, 0.6) is 0 Å². The highest BCUT2D eigenvalue weighted by Crippen LogP contribution is 2.28. The fourth-order valence-electron chi connectivity index (χ4n) is 2.31. The van der Waals surface area contributed by atoms with Gasteiger partial charge in [-0.1, -0.05) is 32.9 Å². The van der Waals surface area contributed by atoms with Crippen molar-refractivity contribution >= 4 is 5.69 Å². The molecule has 1 N–H and O–H groups in total. The molecular weight excluding hydrogens is 194 g/mol. The lowest BCUT2D eigenvalue weighted by Crippen LogP contribution is -2.20. The number of anilines is 1. The van der Waals surface area contributed by atoms with E-state index in [4.69, 9.17) is 0 Å². The van der Waals surface area contributed by atoms with Crippen LogP contribution < -0.4 is 5.32 Å². The Balaban J connectivity index is 2.15. The first-order chi connectivity index (χ1) is 7.56. The lowest BCUT2D eigenvalue weighted by molar-refractivity contribution is 0.443. The number of hydrogen-bond acceptors (Lipinski definition) is 1. The minimum atomic E-state index is 0.345. The molecule has 0 spiro atoms. The predicted octanol–water partition coefficient (Wildman–Crippen LogP) is 4.02. The third-order valence-corrected chi connectivity index (χ3v) is 3.21. The molecule has 0 atom stereocenters. The normalized spacial score (nSPS) is 15.7. The van der Waals surface area contributed by atoms with Gasteiger partial charge in [-0.2, -0.15) is 0 Å². The summed E-state index contributed by atoms with van der Waals surface area (Å²) in [7, 11) is 0. The highest BCUT2D eigenvalue weighted by molar-refractivity contribution is 5.55. The first-order valence-corrected chi connectivity index (χ1v) is 6.41. The maximum atomic E-state index is 3.61. The molecule has 0 saturated heterocycles. The van der Waals surface area contributed by atoms with Crippen molar-refractivity contribution in [3.8, 4) is 0 Å². The number of benzene rings is 1. The van der Waals surface area contributed by atoms with Crippen molar-refractivity contribution in [3.63, 3.8) is 0 Å². The molecule has 0 unspecified atom stereocenters. The van der Waals surface area contributed by atoms with Crippen LogP contribution in [-0.2, 0) is 12.8 Å². The van der Waals surface area contributed by atoms with Crippen LogP contribution in [0.25, 0.3) is 0 Å². The van der Waals surface area contributed by atoms with E-state index >= 15 is 0 Å². The largest absolute Gasteiger partial charge is 0.384 e. The molecule has 1 nitrogen and oxygen atoms in total. The predicted molar refractivity (Wildman–Crippen MR) is 71.0 cm³/mol. The summed E-state index contributed by atoms with van der Waals surface area (Å²) in [5, 5.41) is 3.61. The van der Waals surface area contributed by atoms with Crippen LogP contribution in [0.1, 0.15) is 44.7 Å². The molecule has 16 heavy (non-hydrogen) atoms. The standard InChI is InChI=1S/C15H23N/c1-15(2,3)11-16-14-10-6-8-12-7-4-5-9-13(12)14/h6,8,10,16H,4-5,7,9,11H2,1-3H3. The van der Waals surface area contributed by atoms with Gasteiger partial charge in [0.1, 0.15) is 0 Å². The molecule has 0 amide bonds. The molecule has 0 aliphatic heterocycles. The van der Waals surface area contributed by atoms with E-state index in [-0.39, 0.29) is 0 Å². The maximum Gasteiger partial charge on any atom is 0.0375 e. The molecule has 0 fully saturated rings. The Labute approximate surface area is 99.3 Å². The van der Waals surface area contributed by atoms with Crippen LogP contribution in [0.4, 0.5) is 5.69 Å². The fourth-order valence-corrected chi connectivity index (χ4v) is 2.31. The van der Waals surface area contributed by atoms with Crippen molar-refractivity contribution < 1.29 is 0 Å². The molecule has 0 saturated carbocycles. The summed E-state index contributed by atoms with van der Waals surface area (Å²) in [5.74, 6) is 0. The van der Waals surface area contributed by atoms with Crippen molar-refractivity contribution in [1.82, 2.24) is 0 Å². The number of fused-ring (bicyclic) bond motifs is 1. The Hall–Kier alpha value is -0.980. The average molecular weight is 217 g/mol. The molecule has 1 aromatic carbocycles. The molecule has 1 aliphatic carbocycles. The molecule has 0 aromatic heterocycles. The zero-order valence-electron chi connectivity index (χ0n) is 10.8. The van der Waals surface area contributed by atoms with E-state index in [2.05, 4.69) is 44.3 Å². The molecular formula is C15H23N. The molecule has 0 radical (unpaired) electrons. The summed E-state index contributed by atoms with van der Waals surface area (Å²) in [4.78, 5) is 0. The summed E-state index contributed by atoms with van der Waals surface area (Å²) < 4.78 is 0. The lowest BCUT2D eigenvalue weighted by atomic mass is 9.90. The van der Waals surface area contributed by atoms with Crippen molar-refractivity contribution in [2.24, 2.45) is 5.41 Å². The van der Waals surface area contributed by atoms with Crippen LogP contribution in [0.15, 0.2) is 18.2 Å². The number of nitrogens with one attached hydrogen (secondary N) is 1. The van der Waals surface area contributed by atoms with Gasteiger partial charge in [-0.3, -0.25) is 0 Å². The van der Waals surface area contributed by atoms with E-state index in [1.165, 1.54) is 31.4 Å². The van der Waals surface area contributed by atoms with Crippen LogP contribution in [0.3, 0.4) is 0 Å². The topological polar surface area (TPSA) is 12.0 Å². The number of rotatable bonds is 2. The van der Waals surface area contributed by atoms with Gasteiger partial charge in [0.25, 0.3) is 0 Å². The highest BCUT2D eigenvalue weighted by atomic mass is 14.9. The van der Waals surface area contributed by atoms with Gasteiger partial charge in [0.05, 0.1) is 0 Å². The zero-order chi connectivity index (χ0) is 11.6. The second-order valence-corrected chi connectivity index (χ2v) is 6.06. The Morgan fingerprint density at radius 3 is 2.62 bits per heavy atom. The average Bonchev–Trinajstić information content (AvgIpc) is 2.25. The first kappa shape index (κ1) is 11.5. The number of aryl methyl sites for hydroxylation is 1. The minimum absolute atomic E-state index is 0.345. The van der Waals surface area contributed by atoms with Gasteiger partial charge in [-0.15, -0.1) is 0 Å². The molecule has 1 aromatic rings. The quantitative estimate of drug-likeness (QED) is 0.789. The van der Waals surface area contributed by atoms with Crippen LogP contribution in [-0.4, -0.2) is 6.54 Å².